The van der Waals surface area contributed by atoms with Gasteiger partial charge >= 0.3 is 15.6 Å². The Balaban J connectivity index is 3.93. The van der Waals surface area contributed by atoms with Crippen LogP contribution >= 0.6 is 0 Å². The van der Waals surface area contributed by atoms with Gasteiger partial charge in [0.1, 0.15) is 5.76 Å². The van der Waals surface area contributed by atoms with Gasteiger partial charge in [0.25, 0.3) is 0 Å². The van der Waals surface area contributed by atoms with Crippen LogP contribution in [-0.2, 0) is 14.3 Å². The summed E-state index contributed by atoms with van der Waals surface area (Å²) in [5, 5.41) is 0. The van der Waals surface area contributed by atoms with Crippen LogP contribution in [0.2, 0.25) is 0 Å². The van der Waals surface area contributed by atoms with Crippen LogP contribution in [0.1, 0.15) is 78.1 Å². The molecule has 0 saturated heterocycles. The van der Waals surface area contributed by atoms with Crippen molar-refractivity contribution in [1.82, 2.24) is 0 Å². The van der Waals surface area contributed by atoms with E-state index in [0.717, 1.165) is 25.3 Å². The highest BCUT2D eigenvalue weighted by Crippen LogP contribution is 2.26. The number of unbranched alkanes of at least 4 members (excludes halogenated alkanes) is 9. The van der Waals surface area contributed by atoms with Crippen molar-refractivity contribution < 1.29 is 25.8 Å². The van der Waals surface area contributed by atoms with Crippen molar-refractivity contribution in [1.29, 1.82) is 0 Å². The van der Waals surface area contributed by atoms with Crippen LogP contribution in [-0.4, -0.2) is 13.9 Å². The van der Waals surface area contributed by atoms with Crippen molar-refractivity contribution in [3.05, 3.63) is 36.1 Å². The molecule has 152 valence electrons. The Bertz CT molecular complexity index is 547. The fourth-order valence-corrected chi connectivity index (χ4v) is 2.74. The van der Waals surface area contributed by atoms with Crippen LogP contribution in [0.4, 0.5) is 13.2 Å². The van der Waals surface area contributed by atoms with E-state index in [1.165, 1.54) is 64.0 Å². The third-order valence-corrected chi connectivity index (χ3v) is 4.73. The van der Waals surface area contributed by atoms with Gasteiger partial charge in [0, 0.05) is 0 Å². The molecule has 0 saturated carbocycles. The molecule has 0 rings (SSSR count). The zero-order valence-corrected chi connectivity index (χ0v) is 16.5. The molecule has 0 spiro atoms. The van der Waals surface area contributed by atoms with Crippen molar-refractivity contribution in [3.8, 4) is 0 Å². The lowest BCUT2D eigenvalue weighted by atomic mass is 10.1. The number of hydrogen-bond acceptors (Lipinski definition) is 3. The highest BCUT2D eigenvalue weighted by molar-refractivity contribution is 7.87. The summed E-state index contributed by atoms with van der Waals surface area (Å²) in [6, 6.07) is 0. The molecule has 26 heavy (non-hydrogen) atoms. The van der Waals surface area contributed by atoms with E-state index in [4.69, 9.17) is 0 Å². The molecule has 0 N–H and O–H groups in total. The molecule has 0 heterocycles. The standard InChI is InChI=1S/C19H31F3O3S/c1-3-5-6-7-8-9-10-11-12-13-14-15-16-17-18(4-2)25-26(23,24)19(20,21)22/h4,14-17H,3,5-13H2,1-2H3/b15-14+,17-16+,18-4-. The van der Waals surface area contributed by atoms with Crippen LogP contribution in [0.3, 0.4) is 0 Å². The second-order valence-electron chi connectivity index (χ2n) is 6.08. The fraction of sp³-hybridized carbons (Fsp3) is 0.684. The second kappa shape index (κ2) is 13.9. The van der Waals surface area contributed by atoms with E-state index < -0.39 is 15.6 Å². The minimum Gasteiger partial charge on any atom is -0.376 e. The average molecular weight is 397 g/mol. The summed E-state index contributed by atoms with van der Waals surface area (Å²) < 4.78 is 62.6. The third kappa shape index (κ3) is 12.2. The maximum absolute atomic E-state index is 12.2. The molecule has 0 aliphatic heterocycles. The predicted octanol–water partition coefficient (Wildman–Crippen LogP) is 6.79. The Labute approximate surface area is 156 Å². The van der Waals surface area contributed by atoms with E-state index in [-0.39, 0.29) is 5.76 Å². The molecule has 0 radical (unpaired) electrons. The van der Waals surface area contributed by atoms with Crippen LogP contribution < -0.4 is 0 Å². The van der Waals surface area contributed by atoms with Crippen molar-refractivity contribution in [2.75, 3.05) is 0 Å². The zero-order chi connectivity index (χ0) is 19.9. The zero-order valence-electron chi connectivity index (χ0n) is 15.7. The first-order valence-electron chi connectivity index (χ1n) is 9.25. The summed E-state index contributed by atoms with van der Waals surface area (Å²) in [6.45, 7) is 3.61. The lowest BCUT2D eigenvalue weighted by molar-refractivity contribution is -0.0519. The summed E-state index contributed by atoms with van der Waals surface area (Å²) in [6.07, 6.45) is 19.5. The van der Waals surface area contributed by atoms with Gasteiger partial charge in [0.2, 0.25) is 0 Å². The predicted molar refractivity (Wildman–Crippen MR) is 99.9 cm³/mol. The van der Waals surface area contributed by atoms with Gasteiger partial charge < -0.3 is 4.18 Å². The maximum atomic E-state index is 12.2. The Morgan fingerprint density at radius 3 is 1.96 bits per heavy atom. The molecule has 0 aliphatic carbocycles. The number of allylic oxidation sites excluding steroid dienone is 5. The van der Waals surface area contributed by atoms with Crippen molar-refractivity contribution in [3.63, 3.8) is 0 Å². The summed E-state index contributed by atoms with van der Waals surface area (Å²) in [5.74, 6) is -0.366. The highest BCUT2D eigenvalue weighted by Gasteiger charge is 2.48. The Kier molecular flexibility index (Phi) is 13.2. The summed E-state index contributed by atoms with van der Waals surface area (Å²) in [7, 11) is -5.62. The highest BCUT2D eigenvalue weighted by atomic mass is 32.2. The van der Waals surface area contributed by atoms with Gasteiger partial charge in [0.15, 0.2) is 0 Å². The Morgan fingerprint density at radius 2 is 1.46 bits per heavy atom. The molecule has 0 aromatic rings. The van der Waals surface area contributed by atoms with Gasteiger partial charge in [0.05, 0.1) is 0 Å². The molecule has 0 atom stereocenters. The summed E-state index contributed by atoms with van der Waals surface area (Å²) in [5.41, 5.74) is -5.43. The van der Waals surface area contributed by atoms with Crippen LogP contribution in [0, 0.1) is 0 Å². The normalized spacial score (nSPS) is 13.8. The minimum atomic E-state index is -5.62. The molecular weight excluding hydrogens is 365 g/mol. The summed E-state index contributed by atoms with van der Waals surface area (Å²) in [4.78, 5) is 0. The topological polar surface area (TPSA) is 43.4 Å². The first-order chi connectivity index (χ1) is 12.2. The van der Waals surface area contributed by atoms with Gasteiger partial charge in [-0.05, 0) is 31.9 Å². The molecule has 0 aliphatic rings. The Morgan fingerprint density at radius 1 is 0.923 bits per heavy atom. The molecule has 0 bridgehead atoms. The van der Waals surface area contributed by atoms with Crippen LogP contribution in [0.5, 0.6) is 0 Å². The number of hydrogen-bond donors (Lipinski definition) is 0. The van der Waals surface area contributed by atoms with Gasteiger partial charge in [-0.15, -0.1) is 0 Å². The second-order valence-corrected chi connectivity index (χ2v) is 7.62. The van der Waals surface area contributed by atoms with Crippen LogP contribution in [0.15, 0.2) is 36.1 Å². The lowest BCUT2D eigenvalue weighted by Crippen LogP contribution is -2.25. The molecule has 0 amide bonds. The van der Waals surface area contributed by atoms with E-state index in [1.807, 2.05) is 6.08 Å². The average Bonchev–Trinajstić information content (AvgIpc) is 2.56. The number of halogens is 3. The van der Waals surface area contributed by atoms with Gasteiger partial charge in [-0.2, -0.15) is 21.6 Å². The van der Waals surface area contributed by atoms with Crippen molar-refractivity contribution in [2.45, 2.75) is 83.6 Å². The molecular formula is C19H31F3O3S. The minimum absolute atomic E-state index is 0.366. The largest absolute Gasteiger partial charge is 0.534 e. The van der Waals surface area contributed by atoms with Crippen molar-refractivity contribution >= 4 is 10.1 Å². The molecule has 7 heteroatoms. The SMILES string of the molecule is C/C=C(/C=C/C=C/CCCCCCCCCCC)OS(=O)(=O)C(F)(F)F. The first-order valence-corrected chi connectivity index (χ1v) is 10.7. The maximum Gasteiger partial charge on any atom is 0.534 e. The first kappa shape index (κ1) is 24.8. The third-order valence-electron chi connectivity index (χ3n) is 3.76. The number of rotatable bonds is 14. The van der Waals surface area contributed by atoms with Crippen molar-refractivity contribution in [2.24, 2.45) is 0 Å². The molecule has 0 aromatic heterocycles. The van der Waals surface area contributed by atoms with Gasteiger partial charge in [-0.25, -0.2) is 0 Å². The van der Waals surface area contributed by atoms with E-state index in [9.17, 15) is 21.6 Å². The quantitative estimate of drug-likeness (QED) is 0.107. The molecule has 0 unspecified atom stereocenters. The molecule has 0 aromatic carbocycles. The smallest absolute Gasteiger partial charge is 0.376 e. The summed E-state index contributed by atoms with van der Waals surface area (Å²) >= 11 is 0. The van der Waals surface area contributed by atoms with E-state index in [0.29, 0.717) is 0 Å². The lowest BCUT2D eigenvalue weighted by Gasteiger charge is -2.09. The molecule has 3 nitrogen and oxygen atoms in total. The monoisotopic (exact) mass is 396 g/mol. The van der Waals surface area contributed by atoms with E-state index >= 15 is 0 Å². The van der Waals surface area contributed by atoms with Crippen LogP contribution in [0.25, 0.3) is 0 Å². The molecule has 0 fully saturated rings. The number of alkyl halides is 3. The van der Waals surface area contributed by atoms with Gasteiger partial charge in [-0.1, -0.05) is 76.5 Å². The van der Waals surface area contributed by atoms with Gasteiger partial charge in [-0.3, -0.25) is 0 Å². The van der Waals surface area contributed by atoms with E-state index in [2.05, 4.69) is 11.1 Å². The fourth-order valence-electron chi connectivity index (χ4n) is 2.24. The van der Waals surface area contributed by atoms with E-state index in [1.54, 1.807) is 6.08 Å². The Hall–Kier alpha value is -1.24.